The largest absolute Gasteiger partial charge is 0.490 e. The fraction of sp³-hybridized carbons (Fsp3) is 0.333. The van der Waals surface area contributed by atoms with Crippen LogP contribution in [-0.4, -0.2) is 45.5 Å². The summed E-state index contributed by atoms with van der Waals surface area (Å²) in [5.74, 6) is 0.323. The van der Waals surface area contributed by atoms with Gasteiger partial charge in [0.15, 0.2) is 11.6 Å². The second-order valence-corrected chi connectivity index (χ2v) is 8.69. The van der Waals surface area contributed by atoms with E-state index in [2.05, 4.69) is 21.4 Å². The summed E-state index contributed by atoms with van der Waals surface area (Å²) in [6.45, 7) is 7.00. The van der Waals surface area contributed by atoms with Crippen molar-refractivity contribution in [3.63, 3.8) is 0 Å². The molecule has 0 saturated carbocycles. The highest BCUT2D eigenvalue weighted by Gasteiger charge is 2.17. The van der Waals surface area contributed by atoms with Gasteiger partial charge >= 0.3 is 0 Å². The number of rotatable bonds is 10. The fourth-order valence-corrected chi connectivity index (χ4v) is 3.76. The third-order valence-electron chi connectivity index (χ3n) is 5.47. The van der Waals surface area contributed by atoms with Gasteiger partial charge in [-0.05, 0) is 57.4 Å². The van der Waals surface area contributed by atoms with E-state index in [9.17, 15) is 20.0 Å². The Labute approximate surface area is 205 Å². The molecule has 182 valence electrons. The fourth-order valence-electron chi connectivity index (χ4n) is 3.76. The molecule has 1 aromatic heterocycles. The maximum absolute atomic E-state index is 12.9. The number of aliphatic hydroxyl groups is 1. The van der Waals surface area contributed by atoms with Gasteiger partial charge in [-0.3, -0.25) is 9.59 Å². The van der Waals surface area contributed by atoms with Crippen LogP contribution in [0.25, 0.3) is 11.3 Å². The summed E-state index contributed by atoms with van der Waals surface area (Å²) in [6.07, 6.45) is 0.813. The van der Waals surface area contributed by atoms with Crippen LogP contribution in [-0.2, 0) is 6.42 Å². The van der Waals surface area contributed by atoms with Crippen LogP contribution in [0.2, 0.25) is 0 Å². The van der Waals surface area contributed by atoms with Crippen LogP contribution >= 0.6 is 0 Å². The smallest absolute Gasteiger partial charge is 0.251 e. The highest BCUT2D eigenvalue weighted by atomic mass is 16.5. The molecule has 1 amide bonds. The third-order valence-corrected chi connectivity index (χ3v) is 5.47. The van der Waals surface area contributed by atoms with Crippen LogP contribution < -0.4 is 10.1 Å². The van der Waals surface area contributed by atoms with Crippen molar-refractivity contribution in [2.45, 2.75) is 52.7 Å². The molecule has 0 bridgehead atoms. The van der Waals surface area contributed by atoms with E-state index in [0.29, 0.717) is 35.5 Å². The zero-order valence-electron chi connectivity index (χ0n) is 20.4. The van der Waals surface area contributed by atoms with Crippen molar-refractivity contribution >= 4 is 11.7 Å². The van der Waals surface area contributed by atoms with Gasteiger partial charge in [0, 0.05) is 36.4 Å². The van der Waals surface area contributed by atoms with E-state index in [0.717, 1.165) is 22.5 Å². The number of imidazole rings is 1. The second-order valence-electron chi connectivity index (χ2n) is 8.69. The monoisotopic (exact) mass is 474 g/mol. The van der Waals surface area contributed by atoms with Gasteiger partial charge in [-0.15, -0.1) is 0 Å². The van der Waals surface area contributed by atoms with E-state index < -0.39 is 0 Å². The van der Waals surface area contributed by atoms with Gasteiger partial charge in [-0.2, -0.15) is 5.26 Å². The molecule has 0 aliphatic heterocycles. The number of benzene rings is 2. The van der Waals surface area contributed by atoms with Crippen molar-refractivity contribution in [3.05, 3.63) is 70.7 Å². The number of Topliss-reactive ketones (excluding diaryl/α,β-unsaturated/α-hetero) is 1. The van der Waals surface area contributed by atoms with E-state index in [1.165, 1.54) is 13.0 Å². The van der Waals surface area contributed by atoms with Crippen molar-refractivity contribution in [3.8, 4) is 23.1 Å². The summed E-state index contributed by atoms with van der Waals surface area (Å²) < 4.78 is 5.62. The first-order valence-corrected chi connectivity index (χ1v) is 11.5. The average Bonchev–Trinajstić information content (AvgIpc) is 3.21. The Morgan fingerprint density at radius 3 is 2.49 bits per heavy atom. The van der Waals surface area contributed by atoms with Crippen molar-refractivity contribution in [1.82, 2.24) is 15.3 Å². The van der Waals surface area contributed by atoms with Crippen molar-refractivity contribution in [2.24, 2.45) is 0 Å². The van der Waals surface area contributed by atoms with Gasteiger partial charge in [-0.25, -0.2) is 4.98 Å². The zero-order chi connectivity index (χ0) is 25.5. The highest BCUT2D eigenvalue weighted by molar-refractivity contribution is 5.95. The van der Waals surface area contributed by atoms with Gasteiger partial charge in [0.1, 0.15) is 11.8 Å². The maximum atomic E-state index is 12.9. The number of aryl methyl sites for hydroxylation is 1. The summed E-state index contributed by atoms with van der Waals surface area (Å²) in [5, 5.41) is 21.9. The number of aliphatic hydroxyl groups excluding tert-OH is 1. The number of hydrogen-bond acceptors (Lipinski definition) is 6. The number of hydrogen-bond donors (Lipinski definition) is 3. The highest BCUT2D eigenvalue weighted by Crippen LogP contribution is 2.23. The third kappa shape index (κ3) is 6.55. The van der Waals surface area contributed by atoms with Crippen LogP contribution in [0.4, 0.5) is 0 Å². The Kier molecular flexibility index (Phi) is 8.39. The molecule has 0 saturated heterocycles. The molecule has 0 fully saturated rings. The lowest BCUT2D eigenvalue weighted by Crippen LogP contribution is -2.37. The standard InChI is InChI=1S/C27H30N4O4/c1-16(2)35-24-10-9-21(14-22(24)15-28)27(34)30-23(11-12-32)13-19-5-7-20(8-6-19)25-17(3)29-26(31-25)18(4)33/h5-10,14,16,23,32H,11-13H2,1-4H3,(H,29,31)(H,30,34). The molecule has 0 spiro atoms. The molecule has 8 nitrogen and oxygen atoms in total. The number of carbonyl (C=O) groups is 2. The van der Waals surface area contributed by atoms with Crippen LogP contribution in [0, 0.1) is 18.3 Å². The number of nitrogens with zero attached hydrogens (tertiary/aromatic N) is 2. The molecule has 1 unspecified atom stereocenters. The molecule has 3 rings (SSSR count). The van der Waals surface area contributed by atoms with Crippen molar-refractivity contribution < 1.29 is 19.4 Å². The summed E-state index contributed by atoms with van der Waals surface area (Å²) in [4.78, 5) is 31.8. The molecular formula is C27H30N4O4. The quantitative estimate of drug-likeness (QED) is 0.382. The van der Waals surface area contributed by atoms with E-state index >= 15 is 0 Å². The van der Waals surface area contributed by atoms with E-state index in [1.54, 1.807) is 12.1 Å². The van der Waals surface area contributed by atoms with Gasteiger partial charge < -0.3 is 20.1 Å². The molecule has 0 radical (unpaired) electrons. The minimum atomic E-state index is -0.323. The van der Waals surface area contributed by atoms with E-state index in [4.69, 9.17) is 4.74 Å². The SMILES string of the molecule is CC(=O)c1nc(-c2ccc(CC(CCO)NC(=O)c3ccc(OC(C)C)c(C#N)c3)cc2)c(C)[nH]1. The number of aromatic amines is 1. The number of H-pyrrole nitrogens is 1. The van der Waals surface area contributed by atoms with Crippen LogP contribution in [0.1, 0.15) is 65.0 Å². The normalized spacial score (nSPS) is 11.7. The van der Waals surface area contributed by atoms with Crippen molar-refractivity contribution in [1.29, 1.82) is 5.26 Å². The lowest BCUT2D eigenvalue weighted by molar-refractivity contribution is 0.0929. The molecule has 1 atom stereocenters. The summed E-state index contributed by atoms with van der Waals surface area (Å²) in [6, 6.07) is 14.3. The van der Waals surface area contributed by atoms with Gasteiger partial charge in [0.2, 0.25) is 0 Å². The molecule has 35 heavy (non-hydrogen) atoms. The Balaban J connectivity index is 1.72. The molecular weight excluding hydrogens is 444 g/mol. The number of ether oxygens (including phenoxy) is 1. The predicted molar refractivity (Wildman–Crippen MR) is 132 cm³/mol. The number of carbonyl (C=O) groups excluding carboxylic acids is 2. The lowest BCUT2D eigenvalue weighted by atomic mass is 10.0. The maximum Gasteiger partial charge on any atom is 0.251 e. The topological polar surface area (TPSA) is 128 Å². The van der Waals surface area contributed by atoms with Gasteiger partial charge in [-0.1, -0.05) is 24.3 Å². The molecule has 2 aromatic carbocycles. The lowest BCUT2D eigenvalue weighted by Gasteiger charge is -2.19. The first-order valence-electron chi connectivity index (χ1n) is 11.5. The summed E-state index contributed by atoms with van der Waals surface area (Å²) >= 11 is 0. The summed E-state index contributed by atoms with van der Waals surface area (Å²) in [7, 11) is 0. The predicted octanol–water partition coefficient (Wildman–Crippen LogP) is 3.97. The Hall–Kier alpha value is -3.96. The van der Waals surface area contributed by atoms with Crippen LogP contribution in [0.15, 0.2) is 42.5 Å². The van der Waals surface area contributed by atoms with E-state index in [1.807, 2.05) is 45.0 Å². The molecule has 0 aliphatic rings. The van der Waals surface area contributed by atoms with Crippen molar-refractivity contribution in [2.75, 3.05) is 6.61 Å². The van der Waals surface area contributed by atoms with Gasteiger partial charge in [0.05, 0.1) is 17.4 Å². The molecule has 3 aromatic rings. The molecule has 1 heterocycles. The Morgan fingerprint density at radius 1 is 1.20 bits per heavy atom. The molecule has 0 aliphatic carbocycles. The van der Waals surface area contributed by atoms with Crippen LogP contribution in [0.3, 0.4) is 0 Å². The average molecular weight is 475 g/mol. The number of nitrogens with one attached hydrogen (secondary N) is 2. The first kappa shape index (κ1) is 25.7. The van der Waals surface area contributed by atoms with Crippen LogP contribution in [0.5, 0.6) is 5.75 Å². The molecule has 8 heteroatoms. The number of ketones is 1. The summed E-state index contributed by atoms with van der Waals surface area (Å²) in [5.41, 5.74) is 4.04. The minimum absolute atomic E-state index is 0.0755. The zero-order valence-corrected chi connectivity index (χ0v) is 20.4. The Morgan fingerprint density at radius 2 is 1.91 bits per heavy atom. The molecule has 3 N–H and O–H groups in total. The van der Waals surface area contributed by atoms with Gasteiger partial charge in [0.25, 0.3) is 5.91 Å². The number of amides is 1. The minimum Gasteiger partial charge on any atom is -0.490 e. The number of nitriles is 1. The second kappa shape index (κ2) is 11.4. The Bertz CT molecular complexity index is 1240. The number of aromatic nitrogens is 2. The van der Waals surface area contributed by atoms with E-state index in [-0.39, 0.29) is 30.4 Å². The first-order chi connectivity index (χ1) is 16.7.